The van der Waals surface area contributed by atoms with E-state index < -0.39 is 0 Å². The average Bonchev–Trinajstić information content (AvgIpc) is 2.36. The highest BCUT2D eigenvalue weighted by Gasteiger charge is 2.20. The van der Waals surface area contributed by atoms with Crippen molar-refractivity contribution >= 4 is 0 Å². The highest BCUT2D eigenvalue weighted by Crippen LogP contribution is 2.09. The topological polar surface area (TPSA) is 18.5 Å². The first-order chi connectivity index (χ1) is 8.52. The van der Waals surface area contributed by atoms with E-state index in [0.717, 1.165) is 19.1 Å². The highest BCUT2D eigenvalue weighted by molar-refractivity contribution is 5.00. The van der Waals surface area contributed by atoms with Gasteiger partial charge in [0, 0.05) is 51.4 Å². The van der Waals surface area contributed by atoms with Gasteiger partial charge in [-0.3, -0.25) is 9.80 Å². The van der Waals surface area contributed by atoms with E-state index in [2.05, 4.69) is 49.4 Å². The van der Waals surface area contributed by atoms with Crippen LogP contribution in [0.2, 0.25) is 0 Å². The monoisotopic (exact) mass is 253 g/mol. The molecule has 1 saturated heterocycles. The third-order valence-corrected chi connectivity index (χ3v) is 3.83. The fourth-order valence-electron chi connectivity index (χ4n) is 2.34. The largest absolute Gasteiger partial charge is 0.311 e. The third kappa shape index (κ3) is 5.51. The predicted molar refractivity (Wildman–Crippen MR) is 80.0 cm³/mol. The summed E-state index contributed by atoms with van der Waals surface area (Å²) in [6.07, 6.45) is 1.25. The third-order valence-electron chi connectivity index (χ3n) is 3.83. The molecule has 0 aromatic carbocycles. The highest BCUT2D eigenvalue weighted by atomic mass is 15.3. The molecular formula is C15H31N3. The molecule has 0 amide bonds. The minimum Gasteiger partial charge on any atom is -0.311 e. The minimum atomic E-state index is 0.545. The number of nitrogens with zero attached hydrogens (tertiary/aromatic N) is 2. The Kier molecular flexibility index (Phi) is 6.90. The van der Waals surface area contributed by atoms with E-state index >= 15 is 0 Å². The first-order valence-corrected chi connectivity index (χ1v) is 7.39. The van der Waals surface area contributed by atoms with Crippen LogP contribution in [0.4, 0.5) is 0 Å². The molecule has 1 unspecified atom stereocenters. The molecule has 3 nitrogen and oxygen atoms in total. The molecular weight excluding hydrogens is 222 g/mol. The number of piperazine rings is 1. The Morgan fingerprint density at radius 3 is 2.28 bits per heavy atom. The van der Waals surface area contributed by atoms with Gasteiger partial charge in [-0.05, 0) is 18.9 Å². The van der Waals surface area contributed by atoms with Crippen molar-refractivity contribution in [2.45, 2.75) is 46.2 Å². The molecule has 18 heavy (non-hydrogen) atoms. The van der Waals surface area contributed by atoms with Gasteiger partial charge in [0.15, 0.2) is 0 Å². The van der Waals surface area contributed by atoms with Crippen LogP contribution in [0.3, 0.4) is 0 Å². The van der Waals surface area contributed by atoms with Gasteiger partial charge in [0.25, 0.3) is 0 Å². The summed E-state index contributed by atoms with van der Waals surface area (Å²) in [5.74, 6) is 0. The molecule has 0 spiro atoms. The lowest BCUT2D eigenvalue weighted by atomic mass is 10.1. The first-order valence-electron chi connectivity index (χ1n) is 7.39. The fourth-order valence-corrected chi connectivity index (χ4v) is 2.34. The Morgan fingerprint density at radius 1 is 1.17 bits per heavy atom. The van der Waals surface area contributed by atoms with Gasteiger partial charge in [-0.25, -0.2) is 0 Å². The van der Waals surface area contributed by atoms with Crippen molar-refractivity contribution < 1.29 is 0 Å². The molecule has 0 aromatic rings. The summed E-state index contributed by atoms with van der Waals surface area (Å²) >= 11 is 0. The normalized spacial score (nSPS) is 20.3. The zero-order valence-corrected chi connectivity index (χ0v) is 12.7. The summed E-state index contributed by atoms with van der Waals surface area (Å²) in [6, 6.07) is 1.28. The number of hydrogen-bond donors (Lipinski definition) is 1. The molecule has 1 aliphatic heterocycles. The molecule has 3 heteroatoms. The van der Waals surface area contributed by atoms with Gasteiger partial charge in [0.2, 0.25) is 0 Å². The van der Waals surface area contributed by atoms with Crippen molar-refractivity contribution in [3.8, 4) is 0 Å². The molecule has 1 aliphatic rings. The Hall–Kier alpha value is -0.380. The van der Waals surface area contributed by atoms with Gasteiger partial charge in [0.1, 0.15) is 0 Å². The van der Waals surface area contributed by atoms with E-state index in [9.17, 15) is 0 Å². The molecule has 1 N–H and O–H groups in total. The van der Waals surface area contributed by atoms with Crippen molar-refractivity contribution in [3.63, 3.8) is 0 Å². The van der Waals surface area contributed by atoms with E-state index in [0.29, 0.717) is 6.04 Å². The molecule has 0 radical (unpaired) electrons. The molecule has 0 aliphatic carbocycles. The van der Waals surface area contributed by atoms with E-state index in [4.69, 9.17) is 0 Å². The average molecular weight is 253 g/mol. The van der Waals surface area contributed by atoms with Crippen molar-refractivity contribution in [1.82, 2.24) is 15.1 Å². The van der Waals surface area contributed by atoms with Crippen LogP contribution < -0.4 is 5.32 Å². The Balaban J connectivity index is 2.21. The second-order valence-electron chi connectivity index (χ2n) is 5.85. The molecule has 1 rings (SSSR count). The maximum Gasteiger partial charge on any atom is 0.0203 e. The molecule has 1 heterocycles. The van der Waals surface area contributed by atoms with Gasteiger partial charge >= 0.3 is 0 Å². The number of rotatable bonds is 7. The SMILES string of the molecule is C=C(CNC(C)C)CN1CCN(C(C)CC)CC1. The quantitative estimate of drug-likeness (QED) is 0.700. The van der Waals surface area contributed by atoms with Crippen LogP contribution in [0.1, 0.15) is 34.1 Å². The van der Waals surface area contributed by atoms with Gasteiger partial charge in [0.05, 0.1) is 0 Å². The Morgan fingerprint density at radius 2 is 1.78 bits per heavy atom. The lowest BCUT2D eigenvalue weighted by molar-refractivity contribution is 0.106. The summed E-state index contributed by atoms with van der Waals surface area (Å²) in [4.78, 5) is 5.13. The lowest BCUT2D eigenvalue weighted by Crippen LogP contribution is -2.50. The van der Waals surface area contributed by atoms with Crippen LogP contribution in [0.5, 0.6) is 0 Å². The van der Waals surface area contributed by atoms with E-state index in [1.54, 1.807) is 0 Å². The van der Waals surface area contributed by atoms with Gasteiger partial charge in [-0.15, -0.1) is 0 Å². The van der Waals surface area contributed by atoms with Crippen molar-refractivity contribution in [2.75, 3.05) is 39.3 Å². The molecule has 1 atom stereocenters. The molecule has 0 aromatic heterocycles. The maximum atomic E-state index is 4.17. The maximum absolute atomic E-state index is 4.17. The first kappa shape index (κ1) is 15.7. The van der Waals surface area contributed by atoms with E-state index in [-0.39, 0.29) is 0 Å². The predicted octanol–water partition coefficient (Wildman–Crippen LogP) is 1.96. The molecule has 106 valence electrons. The molecule has 0 bridgehead atoms. The fraction of sp³-hybridized carbons (Fsp3) is 0.867. The second-order valence-corrected chi connectivity index (χ2v) is 5.85. The van der Waals surface area contributed by atoms with Crippen molar-refractivity contribution in [3.05, 3.63) is 12.2 Å². The van der Waals surface area contributed by atoms with Crippen LogP contribution in [-0.4, -0.2) is 61.2 Å². The zero-order chi connectivity index (χ0) is 13.5. The smallest absolute Gasteiger partial charge is 0.0203 e. The summed E-state index contributed by atoms with van der Waals surface area (Å²) in [5, 5.41) is 3.43. The summed E-state index contributed by atoms with van der Waals surface area (Å²) < 4.78 is 0. The van der Waals surface area contributed by atoms with Crippen LogP contribution >= 0.6 is 0 Å². The van der Waals surface area contributed by atoms with E-state index in [1.165, 1.54) is 38.2 Å². The van der Waals surface area contributed by atoms with Crippen LogP contribution in [-0.2, 0) is 0 Å². The van der Waals surface area contributed by atoms with Crippen LogP contribution in [0, 0.1) is 0 Å². The minimum absolute atomic E-state index is 0.545. The number of nitrogens with one attached hydrogen (secondary N) is 1. The summed E-state index contributed by atoms with van der Waals surface area (Å²) in [6.45, 7) is 19.9. The second kappa shape index (κ2) is 7.93. The van der Waals surface area contributed by atoms with Crippen LogP contribution in [0.25, 0.3) is 0 Å². The molecule has 1 fully saturated rings. The van der Waals surface area contributed by atoms with E-state index in [1.807, 2.05) is 0 Å². The zero-order valence-electron chi connectivity index (χ0n) is 12.7. The van der Waals surface area contributed by atoms with Gasteiger partial charge < -0.3 is 5.32 Å². The van der Waals surface area contributed by atoms with Gasteiger partial charge in [-0.2, -0.15) is 0 Å². The number of hydrogen-bond acceptors (Lipinski definition) is 3. The Bertz CT molecular complexity index is 242. The van der Waals surface area contributed by atoms with Gasteiger partial charge in [-0.1, -0.05) is 27.4 Å². The summed E-state index contributed by atoms with van der Waals surface area (Å²) in [7, 11) is 0. The summed E-state index contributed by atoms with van der Waals surface area (Å²) in [5.41, 5.74) is 1.31. The standard InChI is InChI=1S/C15H31N3/c1-6-15(5)18-9-7-17(8-10-18)12-14(4)11-16-13(2)3/h13,15-16H,4,6-12H2,1-3,5H3. The Labute approximate surface area is 113 Å². The van der Waals surface area contributed by atoms with Crippen molar-refractivity contribution in [2.24, 2.45) is 0 Å². The van der Waals surface area contributed by atoms with Crippen LogP contribution in [0.15, 0.2) is 12.2 Å². The van der Waals surface area contributed by atoms with Crippen molar-refractivity contribution in [1.29, 1.82) is 0 Å². The lowest BCUT2D eigenvalue weighted by Gasteiger charge is -2.38. The molecule has 0 saturated carbocycles.